The lowest BCUT2D eigenvalue weighted by molar-refractivity contribution is 0.0951. The molecular formula is C30H25ClN6OS. The van der Waals surface area contributed by atoms with Gasteiger partial charge in [-0.25, -0.2) is 9.67 Å². The highest BCUT2D eigenvalue weighted by Gasteiger charge is 2.14. The zero-order valence-corrected chi connectivity index (χ0v) is 22.7. The lowest BCUT2D eigenvalue weighted by Crippen LogP contribution is -2.23. The molecule has 0 unspecified atom stereocenters. The lowest BCUT2D eigenvalue weighted by atomic mass is 10.0. The fraction of sp³-hybridized carbons (Fsp3) is 0.0667. The Morgan fingerprint density at radius 1 is 0.949 bits per heavy atom. The Morgan fingerprint density at radius 2 is 1.72 bits per heavy atom. The third-order valence-corrected chi connectivity index (χ3v) is 7.06. The van der Waals surface area contributed by atoms with Gasteiger partial charge >= 0.3 is 0 Å². The number of aryl methyl sites for hydroxylation is 1. The van der Waals surface area contributed by atoms with E-state index in [0.29, 0.717) is 17.1 Å². The largest absolute Gasteiger partial charge is 0.346 e. The van der Waals surface area contributed by atoms with Gasteiger partial charge in [0.15, 0.2) is 0 Å². The molecule has 7 nitrogen and oxygen atoms in total. The average molecular weight is 553 g/mol. The molecule has 0 saturated heterocycles. The molecule has 2 N–H and O–H groups in total. The highest BCUT2D eigenvalue weighted by Crippen LogP contribution is 2.25. The predicted octanol–water partition coefficient (Wildman–Crippen LogP) is 6.96. The molecule has 3 aromatic heterocycles. The van der Waals surface area contributed by atoms with E-state index >= 15 is 0 Å². The van der Waals surface area contributed by atoms with Crippen LogP contribution >= 0.6 is 22.9 Å². The number of aromatic amines is 1. The Balaban J connectivity index is 0.000000214. The molecule has 1 amide bonds. The Morgan fingerprint density at radius 3 is 2.44 bits per heavy atom. The smallest absolute Gasteiger partial charge is 0.252 e. The number of hydrogen-bond acceptors (Lipinski definition) is 5. The summed E-state index contributed by atoms with van der Waals surface area (Å²) in [5.74, 6) is -0.152. The molecule has 0 atom stereocenters. The molecule has 6 aromatic rings. The third-order valence-electron chi connectivity index (χ3n) is 5.87. The maximum Gasteiger partial charge on any atom is 0.252 e. The first kappa shape index (κ1) is 26.1. The number of carbonyl (C=O) groups excluding carboxylic acids is 1. The Hall–Kier alpha value is -4.53. The van der Waals surface area contributed by atoms with E-state index in [4.69, 9.17) is 11.6 Å². The van der Waals surface area contributed by atoms with Crippen LogP contribution in [0.1, 0.15) is 21.7 Å². The van der Waals surface area contributed by atoms with Gasteiger partial charge in [0, 0.05) is 45.2 Å². The standard InChI is InChI=1S/C20H15ClN4OS.C10H10N2/c21-14-7-5-13(6-8-14)20-24-15(12-27-20)11-22-19(26)17-4-2-1-3-16(17)18-9-10-23-25-18;1-9-7-8-11-12(9)10-5-3-2-4-6-10/h1-10,12H,11H2,(H,22,26)(H,23,25);2-8H,1H3. The molecular weight excluding hydrogens is 528 g/mol. The normalized spacial score (nSPS) is 10.5. The number of nitrogens with one attached hydrogen (secondary N) is 2. The maximum atomic E-state index is 12.7. The monoisotopic (exact) mass is 552 g/mol. The van der Waals surface area contributed by atoms with Gasteiger partial charge in [0.1, 0.15) is 5.01 Å². The molecule has 0 bridgehead atoms. The van der Waals surface area contributed by atoms with Crippen LogP contribution in [0.25, 0.3) is 27.5 Å². The number of hydrogen-bond donors (Lipinski definition) is 2. The highest BCUT2D eigenvalue weighted by molar-refractivity contribution is 7.13. The summed E-state index contributed by atoms with van der Waals surface area (Å²) < 4.78 is 1.92. The van der Waals surface area contributed by atoms with E-state index in [1.807, 2.05) is 108 Å². The number of nitrogens with zero attached hydrogens (tertiary/aromatic N) is 4. The number of H-pyrrole nitrogens is 1. The van der Waals surface area contributed by atoms with E-state index in [1.165, 1.54) is 11.3 Å². The van der Waals surface area contributed by atoms with Gasteiger partial charge in [-0.2, -0.15) is 10.2 Å². The number of thiazole rings is 1. The van der Waals surface area contributed by atoms with Crippen LogP contribution in [0.5, 0.6) is 0 Å². The minimum absolute atomic E-state index is 0.152. The van der Waals surface area contributed by atoms with E-state index < -0.39 is 0 Å². The van der Waals surface area contributed by atoms with Crippen LogP contribution in [0.4, 0.5) is 0 Å². The minimum atomic E-state index is -0.152. The van der Waals surface area contributed by atoms with Gasteiger partial charge in [-0.15, -0.1) is 11.3 Å². The molecule has 0 aliphatic heterocycles. The fourth-order valence-electron chi connectivity index (χ4n) is 3.91. The molecule has 3 aromatic carbocycles. The maximum absolute atomic E-state index is 12.7. The first-order valence-corrected chi connectivity index (χ1v) is 13.5. The molecule has 0 aliphatic carbocycles. The van der Waals surface area contributed by atoms with Crippen molar-refractivity contribution >= 4 is 28.8 Å². The molecule has 39 heavy (non-hydrogen) atoms. The second-order valence-electron chi connectivity index (χ2n) is 8.57. The summed E-state index contributed by atoms with van der Waals surface area (Å²) in [6, 6.07) is 28.9. The summed E-state index contributed by atoms with van der Waals surface area (Å²) in [7, 11) is 0. The SMILES string of the molecule is Cc1ccnn1-c1ccccc1.O=C(NCc1csc(-c2ccc(Cl)cc2)n1)c1ccccc1-c1ccn[nH]1. The van der Waals surface area contributed by atoms with Crippen LogP contribution in [0, 0.1) is 6.92 Å². The summed E-state index contributed by atoms with van der Waals surface area (Å²) >= 11 is 7.46. The van der Waals surface area contributed by atoms with Crippen LogP contribution in [0.2, 0.25) is 5.02 Å². The number of benzene rings is 3. The van der Waals surface area contributed by atoms with Crippen molar-refractivity contribution in [3.63, 3.8) is 0 Å². The summed E-state index contributed by atoms with van der Waals surface area (Å²) in [4.78, 5) is 17.3. The number of para-hydroxylation sites is 1. The molecule has 9 heteroatoms. The van der Waals surface area contributed by atoms with Gasteiger partial charge in [-0.3, -0.25) is 9.89 Å². The lowest BCUT2D eigenvalue weighted by Gasteiger charge is -2.08. The van der Waals surface area contributed by atoms with Crippen molar-refractivity contribution in [2.75, 3.05) is 0 Å². The molecule has 0 radical (unpaired) electrons. The van der Waals surface area contributed by atoms with E-state index in [1.54, 1.807) is 12.3 Å². The van der Waals surface area contributed by atoms with Crippen LogP contribution in [-0.2, 0) is 6.54 Å². The molecule has 194 valence electrons. The molecule has 6 rings (SSSR count). The molecule has 0 saturated carbocycles. The number of rotatable bonds is 6. The van der Waals surface area contributed by atoms with Crippen LogP contribution < -0.4 is 5.32 Å². The number of halogens is 1. The number of amides is 1. The first-order valence-electron chi connectivity index (χ1n) is 12.2. The third kappa shape index (κ3) is 6.49. The Kier molecular flexibility index (Phi) is 8.26. The number of carbonyl (C=O) groups is 1. The van der Waals surface area contributed by atoms with Crippen LogP contribution in [-0.4, -0.2) is 30.9 Å². The van der Waals surface area contributed by atoms with Gasteiger partial charge in [0.25, 0.3) is 5.91 Å². The van der Waals surface area contributed by atoms with E-state index in [2.05, 4.69) is 25.6 Å². The summed E-state index contributed by atoms with van der Waals surface area (Å²) in [5, 5.41) is 17.5. The molecule has 3 heterocycles. The van der Waals surface area contributed by atoms with Gasteiger partial charge in [0.2, 0.25) is 0 Å². The van der Waals surface area contributed by atoms with Crippen LogP contribution in [0.15, 0.2) is 109 Å². The fourth-order valence-corrected chi connectivity index (χ4v) is 4.86. The predicted molar refractivity (Wildman–Crippen MR) is 156 cm³/mol. The van der Waals surface area contributed by atoms with Crippen molar-refractivity contribution in [1.82, 2.24) is 30.3 Å². The Bertz CT molecular complexity index is 1640. The molecule has 0 spiro atoms. The van der Waals surface area contributed by atoms with Crippen LogP contribution in [0.3, 0.4) is 0 Å². The van der Waals surface area contributed by atoms with Gasteiger partial charge in [0.05, 0.1) is 23.6 Å². The van der Waals surface area contributed by atoms with Crippen molar-refractivity contribution in [3.8, 4) is 27.5 Å². The average Bonchev–Trinajstić information content (AvgIpc) is 3.76. The molecule has 0 aliphatic rings. The van der Waals surface area contributed by atoms with E-state index in [9.17, 15) is 4.79 Å². The zero-order chi connectivity index (χ0) is 27.0. The van der Waals surface area contributed by atoms with Crippen molar-refractivity contribution in [3.05, 3.63) is 131 Å². The van der Waals surface area contributed by atoms with Gasteiger partial charge < -0.3 is 5.32 Å². The van der Waals surface area contributed by atoms with Gasteiger partial charge in [-0.05, 0) is 49.4 Å². The second kappa shape index (κ2) is 12.3. The van der Waals surface area contributed by atoms with Crippen molar-refractivity contribution in [1.29, 1.82) is 0 Å². The van der Waals surface area contributed by atoms with Crippen molar-refractivity contribution in [2.24, 2.45) is 0 Å². The summed E-state index contributed by atoms with van der Waals surface area (Å²) in [6.45, 7) is 2.40. The first-order chi connectivity index (χ1) is 19.1. The highest BCUT2D eigenvalue weighted by atomic mass is 35.5. The number of aromatic nitrogens is 5. The van der Waals surface area contributed by atoms with Gasteiger partial charge in [-0.1, -0.05) is 60.1 Å². The zero-order valence-electron chi connectivity index (χ0n) is 21.1. The minimum Gasteiger partial charge on any atom is -0.346 e. The summed E-state index contributed by atoms with van der Waals surface area (Å²) in [5.41, 5.74) is 6.30. The van der Waals surface area contributed by atoms with E-state index in [0.717, 1.165) is 38.9 Å². The topological polar surface area (TPSA) is 88.5 Å². The quantitative estimate of drug-likeness (QED) is 0.234. The van der Waals surface area contributed by atoms with E-state index in [-0.39, 0.29) is 5.91 Å². The van der Waals surface area contributed by atoms with Crippen molar-refractivity contribution < 1.29 is 4.79 Å². The second-order valence-corrected chi connectivity index (χ2v) is 9.86. The van der Waals surface area contributed by atoms with Crippen molar-refractivity contribution in [2.45, 2.75) is 13.5 Å². The Labute approximate surface area is 235 Å². The molecule has 0 fully saturated rings. The summed E-state index contributed by atoms with van der Waals surface area (Å²) in [6.07, 6.45) is 3.47.